The zero-order valence-corrected chi connectivity index (χ0v) is 22.0. The number of nitrogens with zero attached hydrogens (tertiary/aromatic N) is 2. The normalized spacial score (nSPS) is 26.0. The average Bonchev–Trinajstić information content (AvgIpc) is 3.36. The molecule has 36 heavy (non-hydrogen) atoms. The summed E-state index contributed by atoms with van der Waals surface area (Å²) in [5, 5.41) is 22.3. The van der Waals surface area contributed by atoms with Crippen LogP contribution in [0, 0.1) is 11.8 Å². The Hall–Kier alpha value is -2.76. The van der Waals surface area contributed by atoms with E-state index in [-0.39, 0.29) is 34.9 Å². The number of amides is 2. The number of carbonyl (C=O) groups is 3. The minimum absolute atomic E-state index is 0.0211. The molecule has 6 atom stereocenters. The molecule has 3 N–H and O–H groups in total. The molecule has 10 nitrogen and oxygen atoms in total. The van der Waals surface area contributed by atoms with Crippen molar-refractivity contribution in [3.63, 3.8) is 0 Å². The molecule has 2 aliphatic rings. The van der Waals surface area contributed by atoms with Crippen molar-refractivity contribution in [2.75, 3.05) is 20.7 Å². The van der Waals surface area contributed by atoms with Crippen molar-refractivity contribution in [1.29, 1.82) is 0 Å². The van der Waals surface area contributed by atoms with Gasteiger partial charge in [0.2, 0.25) is 18.2 Å². The summed E-state index contributed by atoms with van der Waals surface area (Å²) in [5.41, 5.74) is 0.959. The second-order valence-electron chi connectivity index (χ2n) is 9.28. The number of aliphatic hydroxyl groups is 1. The topological polar surface area (TPSA) is 129 Å². The van der Waals surface area contributed by atoms with Crippen LogP contribution in [0.4, 0.5) is 4.79 Å². The molecular formula is C25H35N3O7S. The molecule has 3 rings (SSSR count). The van der Waals surface area contributed by atoms with Gasteiger partial charge in [-0.05, 0) is 19.4 Å². The first-order chi connectivity index (χ1) is 17.1. The number of likely N-dealkylation sites (N-methyl/N-ethyl adjacent to an activating group) is 1. The molecule has 1 unspecified atom stereocenters. The summed E-state index contributed by atoms with van der Waals surface area (Å²) in [6, 6.07) is 6.82. The van der Waals surface area contributed by atoms with Crippen molar-refractivity contribution < 1.29 is 34.1 Å². The molecule has 0 aliphatic carbocycles. The number of carbonyl (C=O) groups excluding carboxylic acids is 2. The van der Waals surface area contributed by atoms with Crippen LogP contribution in [0.15, 0.2) is 35.1 Å². The van der Waals surface area contributed by atoms with E-state index in [2.05, 4.69) is 10.2 Å². The van der Waals surface area contributed by atoms with E-state index in [0.29, 0.717) is 30.8 Å². The summed E-state index contributed by atoms with van der Waals surface area (Å²) in [4.78, 5) is 40.2. The van der Waals surface area contributed by atoms with Gasteiger partial charge in [0.1, 0.15) is 5.75 Å². The Morgan fingerprint density at radius 3 is 2.58 bits per heavy atom. The highest BCUT2D eigenvalue weighted by molar-refractivity contribution is 8.03. The fraction of sp³-hybridized carbons (Fsp3) is 0.560. The molecule has 2 amide bonds. The van der Waals surface area contributed by atoms with Crippen LogP contribution in [0.5, 0.6) is 5.75 Å². The van der Waals surface area contributed by atoms with Gasteiger partial charge < -0.3 is 25.0 Å². The number of benzene rings is 1. The molecule has 0 radical (unpaired) electrons. The van der Waals surface area contributed by atoms with Crippen LogP contribution in [0.25, 0.3) is 0 Å². The summed E-state index contributed by atoms with van der Waals surface area (Å²) >= 11 is 1.44. The largest absolute Gasteiger partial charge is 0.512 e. The van der Waals surface area contributed by atoms with E-state index in [1.165, 1.54) is 16.7 Å². The van der Waals surface area contributed by atoms with E-state index < -0.39 is 18.3 Å². The van der Waals surface area contributed by atoms with Gasteiger partial charge in [-0.3, -0.25) is 19.4 Å². The zero-order chi connectivity index (χ0) is 26.6. The second kappa shape index (κ2) is 12.0. The quantitative estimate of drug-likeness (QED) is 0.314. The predicted octanol–water partition coefficient (Wildman–Crippen LogP) is 2.47. The maximum atomic E-state index is 12.8. The lowest BCUT2D eigenvalue weighted by Gasteiger charge is -2.32. The standard InChI is InChI=1S/C25H35N3O7S/c1-14(16(3)30)21-15(2)22(24(28(21)13-29)35-25(32)33)36-18-10-19(23(31)26-4)27(12-18)11-17-8-6-7-9-20(17)34-5/h6-9,13-16,18-19,21,30H,10-12H2,1-5H3,(H,26,31)(H,32,33)/t14-,15-,16-,18+,19+,21?/m1/s1. The smallest absolute Gasteiger partial charge is 0.496 e. The first-order valence-electron chi connectivity index (χ1n) is 11.9. The number of ether oxygens (including phenoxy) is 2. The van der Waals surface area contributed by atoms with Crippen molar-refractivity contribution in [2.24, 2.45) is 11.8 Å². The third kappa shape index (κ3) is 5.79. The van der Waals surface area contributed by atoms with Crippen LogP contribution in [-0.4, -0.2) is 82.6 Å². The van der Waals surface area contributed by atoms with Gasteiger partial charge in [0.05, 0.1) is 30.2 Å². The van der Waals surface area contributed by atoms with Crippen molar-refractivity contribution >= 4 is 30.2 Å². The van der Waals surface area contributed by atoms with Gasteiger partial charge in [-0.1, -0.05) is 32.0 Å². The first-order valence-corrected chi connectivity index (χ1v) is 12.8. The molecule has 1 fully saturated rings. The van der Waals surface area contributed by atoms with Crippen molar-refractivity contribution in [3.8, 4) is 5.75 Å². The van der Waals surface area contributed by atoms with Gasteiger partial charge in [-0.2, -0.15) is 0 Å². The number of aliphatic hydroxyl groups excluding tert-OH is 1. The molecule has 0 bridgehead atoms. The van der Waals surface area contributed by atoms with Gasteiger partial charge in [-0.15, -0.1) is 11.8 Å². The second-order valence-corrected chi connectivity index (χ2v) is 10.6. The average molecular weight is 522 g/mol. The molecule has 0 aromatic heterocycles. The zero-order valence-electron chi connectivity index (χ0n) is 21.2. The maximum Gasteiger partial charge on any atom is 0.512 e. The molecule has 11 heteroatoms. The lowest BCUT2D eigenvalue weighted by atomic mass is 9.88. The van der Waals surface area contributed by atoms with E-state index in [1.807, 2.05) is 38.1 Å². The fourth-order valence-electron chi connectivity index (χ4n) is 5.10. The number of hydrogen-bond acceptors (Lipinski definition) is 8. The van der Waals surface area contributed by atoms with Crippen LogP contribution < -0.4 is 10.1 Å². The Morgan fingerprint density at radius 2 is 2.00 bits per heavy atom. The molecule has 198 valence electrons. The van der Waals surface area contributed by atoms with Gasteiger partial charge in [-0.25, -0.2) is 4.79 Å². The number of thioether (sulfide) groups is 1. The number of para-hydroxylation sites is 1. The molecule has 2 aliphatic heterocycles. The highest BCUT2D eigenvalue weighted by Gasteiger charge is 2.47. The summed E-state index contributed by atoms with van der Waals surface area (Å²) in [6.07, 6.45) is -1.13. The summed E-state index contributed by atoms with van der Waals surface area (Å²) in [5.74, 6) is 0.0386. The highest BCUT2D eigenvalue weighted by Crippen LogP contribution is 2.47. The number of likely N-dealkylation sites (tertiary alicyclic amines) is 1. The maximum absolute atomic E-state index is 12.8. The van der Waals surface area contributed by atoms with E-state index in [1.54, 1.807) is 21.1 Å². The molecule has 1 aromatic rings. The van der Waals surface area contributed by atoms with Crippen molar-refractivity contribution in [2.45, 2.75) is 57.2 Å². The molecule has 0 spiro atoms. The Bertz CT molecular complexity index is 1000. The monoisotopic (exact) mass is 521 g/mol. The lowest BCUT2D eigenvalue weighted by Crippen LogP contribution is -2.42. The molecule has 0 saturated carbocycles. The highest BCUT2D eigenvalue weighted by atomic mass is 32.2. The minimum Gasteiger partial charge on any atom is -0.496 e. The predicted molar refractivity (Wildman–Crippen MR) is 135 cm³/mol. The summed E-state index contributed by atoms with van der Waals surface area (Å²) < 4.78 is 10.6. The van der Waals surface area contributed by atoms with Gasteiger partial charge >= 0.3 is 6.16 Å². The third-order valence-electron chi connectivity index (χ3n) is 7.06. The van der Waals surface area contributed by atoms with E-state index in [0.717, 1.165) is 11.3 Å². The summed E-state index contributed by atoms with van der Waals surface area (Å²) in [6.45, 7) is 6.44. The molecule has 1 aromatic carbocycles. The van der Waals surface area contributed by atoms with Crippen LogP contribution >= 0.6 is 11.8 Å². The van der Waals surface area contributed by atoms with Crippen molar-refractivity contribution in [1.82, 2.24) is 15.1 Å². The van der Waals surface area contributed by atoms with E-state index in [9.17, 15) is 24.6 Å². The Kier molecular flexibility index (Phi) is 9.26. The number of rotatable bonds is 10. The SMILES string of the molecule is CNC(=O)[C@@H]1C[C@H](SC2=C(OC(=O)O)N(C=O)C([C@H](C)[C@@H](C)O)[C@H]2C)CN1Cc1ccccc1OC. The minimum atomic E-state index is -1.51. The number of carboxylic acid groups (broad SMARTS) is 1. The Balaban J connectivity index is 1.89. The first kappa shape index (κ1) is 27.8. The van der Waals surface area contributed by atoms with E-state index >= 15 is 0 Å². The van der Waals surface area contributed by atoms with Crippen LogP contribution in [0.1, 0.15) is 32.8 Å². The molecule has 1 saturated heterocycles. The van der Waals surface area contributed by atoms with E-state index in [4.69, 9.17) is 9.47 Å². The number of hydrogen-bond donors (Lipinski definition) is 3. The molecule has 2 heterocycles. The molecular weight excluding hydrogens is 486 g/mol. The Labute approximate surface area is 215 Å². The number of methoxy groups -OCH3 is 1. The summed E-state index contributed by atoms with van der Waals surface area (Å²) in [7, 11) is 3.22. The van der Waals surface area contributed by atoms with Crippen LogP contribution in [-0.2, 0) is 20.9 Å². The van der Waals surface area contributed by atoms with Gasteiger partial charge in [0.25, 0.3) is 0 Å². The lowest BCUT2D eigenvalue weighted by molar-refractivity contribution is -0.125. The van der Waals surface area contributed by atoms with Gasteiger partial charge in [0.15, 0.2) is 0 Å². The van der Waals surface area contributed by atoms with Gasteiger partial charge in [0, 0.05) is 42.8 Å². The Morgan fingerprint density at radius 1 is 1.31 bits per heavy atom. The fourth-order valence-corrected chi connectivity index (χ4v) is 6.61. The number of nitrogens with one attached hydrogen (secondary N) is 1. The third-order valence-corrected chi connectivity index (χ3v) is 8.54. The van der Waals surface area contributed by atoms with Crippen molar-refractivity contribution in [3.05, 3.63) is 40.6 Å². The van der Waals surface area contributed by atoms with Crippen LogP contribution in [0.3, 0.4) is 0 Å². The van der Waals surface area contributed by atoms with Crippen LogP contribution in [0.2, 0.25) is 0 Å².